The van der Waals surface area contributed by atoms with Crippen molar-refractivity contribution in [2.24, 2.45) is 5.41 Å². The molecule has 1 aromatic carbocycles. The zero-order valence-corrected chi connectivity index (χ0v) is 14.2. The summed E-state index contributed by atoms with van der Waals surface area (Å²) in [5.74, 6) is -0.0117. The predicted octanol–water partition coefficient (Wildman–Crippen LogP) is 3.19. The Kier molecular flexibility index (Phi) is 4.07. The SMILES string of the molecule is O=C(NC1CCCCCC1)C1(C(=O)N2CCc3ccccc32)CC1. The highest BCUT2D eigenvalue weighted by Crippen LogP contribution is 2.49. The van der Waals surface area contributed by atoms with E-state index in [1.165, 1.54) is 31.2 Å². The molecule has 2 amide bonds. The monoisotopic (exact) mass is 326 g/mol. The van der Waals surface area contributed by atoms with E-state index in [1.54, 1.807) is 0 Å². The quantitative estimate of drug-likeness (QED) is 0.685. The first kappa shape index (κ1) is 15.7. The molecule has 4 heteroatoms. The van der Waals surface area contributed by atoms with Crippen LogP contribution in [0, 0.1) is 5.41 Å². The van der Waals surface area contributed by atoms with E-state index in [-0.39, 0.29) is 17.9 Å². The van der Waals surface area contributed by atoms with Gasteiger partial charge in [0.25, 0.3) is 0 Å². The van der Waals surface area contributed by atoms with Gasteiger partial charge >= 0.3 is 0 Å². The molecule has 128 valence electrons. The van der Waals surface area contributed by atoms with Crippen LogP contribution in [0.1, 0.15) is 56.9 Å². The lowest BCUT2D eigenvalue weighted by Crippen LogP contribution is -2.47. The summed E-state index contributed by atoms with van der Waals surface area (Å²) in [4.78, 5) is 27.8. The van der Waals surface area contributed by atoms with Crippen molar-refractivity contribution >= 4 is 17.5 Å². The lowest BCUT2D eigenvalue weighted by Gasteiger charge is -2.25. The summed E-state index contributed by atoms with van der Waals surface area (Å²) < 4.78 is 0. The van der Waals surface area contributed by atoms with Crippen LogP contribution in [-0.2, 0) is 16.0 Å². The number of hydrogen-bond donors (Lipinski definition) is 1. The molecule has 0 bridgehead atoms. The Hall–Kier alpha value is -1.84. The van der Waals surface area contributed by atoms with Crippen molar-refractivity contribution in [1.29, 1.82) is 0 Å². The van der Waals surface area contributed by atoms with E-state index in [4.69, 9.17) is 0 Å². The number of anilines is 1. The topological polar surface area (TPSA) is 49.4 Å². The summed E-state index contributed by atoms with van der Waals surface area (Å²) in [5, 5.41) is 3.20. The van der Waals surface area contributed by atoms with Gasteiger partial charge in [-0.15, -0.1) is 0 Å². The standard InChI is InChI=1S/C20H26N2O2/c23-18(21-16-8-3-1-2-4-9-16)20(12-13-20)19(24)22-14-11-15-7-5-6-10-17(15)22/h5-7,10,16H,1-4,8-9,11-14H2,(H,21,23). The molecule has 0 aromatic heterocycles. The fourth-order valence-corrected chi connectivity index (χ4v) is 4.22. The second kappa shape index (κ2) is 6.23. The molecule has 2 fully saturated rings. The van der Waals surface area contributed by atoms with Gasteiger partial charge in [0.2, 0.25) is 11.8 Å². The molecule has 0 radical (unpaired) electrons. The fraction of sp³-hybridized carbons (Fsp3) is 0.600. The molecule has 2 saturated carbocycles. The van der Waals surface area contributed by atoms with Gasteiger partial charge in [0.1, 0.15) is 5.41 Å². The summed E-state index contributed by atoms with van der Waals surface area (Å²) >= 11 is 0. The largest absolute Gasteiger partial charge is 0.352 e. The number of fused-ring (bicyclic) bond motifs is 1. The van der Waals surface area contributed by atoms with Crippen molar-refractivity contribution in [3.8, 4) is 0 Å². The van der Waals surface area contributed by atoms with Gasteiger partial charge in [-0.3, -0.25) is 9.59 Å². The number of carbonyl (C=O) groups is 2. The van der Waals surface area contributed by atoms with Crippen LogP contribution >= 0.6 is 0 Å². The summed E-state index contributed by atoms with van der Waals surface area (Å²) in [5.41, 5.74) is 1.42. The maximum Gasteiger partial charge on any atom is 0.242 e. The third-order valence-electron chi connectivity index (χ3n) is 5.92. The molecular formula is C20H26N2O2. The van der Waals surface area contributed by atoms with Crippen molar-refractivity contribution in [3.63, 3.8) is 0 Å². The number of nitrogens with one attached hydrogen (secondary N) is 1. The average molecular weight is 326 g/mol. The second-order valence-electron chi connectivity index (χ2n) is 7.58. The third-order valence-corrected chi connectivity index (χ3v) is 5.92. The Labute approximate surface area is 143 Å². The van der Waals surface area contributed by atoms with Crippen LogP contribution in [0.2, 0.25) is 0 Å². The van der Waals surface area contributed by atoms with Gasteiger partial charge in [-0.2, -0.15) is 0 Å². The third kappa shape index (κ3) is 2.72. The normalized spacial score (nSPS) is 22.6. The van der Waals surface area contributed by atoms with E-state index in [2.05, 4.69) is 11.4 Å². The minimum absolute atomic E-state index is 0.0126. The van der Waals surface area contributed by atoms with Crippen LogP contribution in [0.5, 0.6) is 0 Å². The van der Waals surface area contributed by atoms with E-state index in [9.17, 15) is 9.59 Å². The van der Waals surface area contributed by atoms with Gasteiger partial charge in [-0.25, -0.2) is 0 Å². The van der Waals surface area contributed by atoms with Gasteiger partial charge in [-0.1, -0.05) is 43.9 Å². The Morgan fingerprint density at radius 1 is 1.04 bits per heavy atom. The van der Waals surface area contributed by atoms with Crippen molar-refractivity contribution in [2.75, 3.05) is 11.4 Å². The molecule has 1 aliphatic heterocycles. The van der Waals surface area contributed by atoms with E-state index >= 15 is 0 Å². The second-order valence-corrected chi connectivity index (χ2v) is 7.58. The Morgan fingerprint density at radius 3 is 2.46 bits per heavy atom. The van der Waals surface area contributed by atoms with Crippen LogP contribution in [0.3, 0.4) is 0 Å². The minimum Gasteiger partial charge on any atom is -0.352 e. The first-order valence-corrected chi connectivity index (χ1v) is 9.41. The molecular weight excluding hydrogens is 300 g/mol. The number of carbonyl (C=O) groups excluding carboxylic acids is 2. The Morgan fingerprint density at radius 2 is 1.75 bits per heavy atom. The van der Waals surface area contributed by atoms with E-state index in [0.29, 0.717) is 19.4 Å². The van der Waals surface area contributed by atoms with Gasteiger partial charge in [-0.05, 0) is 43.7 Å². The highest BCUT2D eigenvalue weighted by molar-refractivity contribution is 6.14. The molecule has 2 aliphatic carbocycles. The molecule has 0 atom stereocenters. The summed E-state index contributed by atoms with van der Waals surface area (Å²) in [7, 11) is 0. The number of benzene rings is 1. The molecule has 24 heavy (non-hydrogen) atoms. The molecule has 4 nitrogen and oxygen atoms in total. The van der Waals surface area contributed by atoms with Crippen LogP contribution in [0.25, 0.3) is 0 Å². The number of rotatable bonds is 3. The fourth-order valence-electron chi connectivity index (χ4n) is 4.22. The number of nitrogens with zero attached hydrogens (tertiary/aromatic N) is 1. The molecule has 0 unspecified atom stereocenters. The molecule has 1 aromatic rings. The predicted molar refractivity (Wildman–Crippen MR) is 93.8 cm³/mol. The highest BCUT2D eigenvalue weighted by atomic mass is 16.2. The number of hydrogen-bond acceptors (Lipinski definition) is 2. The molecule has 1 N–H and O–H groups in total. The van der Waals surface area contributed by atoms with Crippen molar-refractivity contribution in [2.45, 2.75) is 63.8 Å². The van der Waals surface area contributed by atoms with Gasteiger partial charge < -0.3 is 10.2 Å². The number of para-hydroxylation sites is 1. The van der Waals surface area contributed by atoms with E-state index in [1.807, 2.05) is 23.1 Å². The smallest absolute Gasteiger partial charge is 0.242 e. The maximum atomic E-state index is 13.1. The molecule has 0 saturated heterocycles. The van der Waals surface area contributed by atoms with Crippen LogP contribution in [0.15, 0.2) is 24.3 Å². The number of amides is 2. The van der Waals surface area contributed by atoms with Crippen LogP contribution in [0.4, 0.5) is 5.69 Å². The first-order valence-electron chi connectivity index (χ1n) is 9.41. The van der Waals surface area contributed by atoms with Crippen LogP contribution in [-0.4, -0.2) is 24.4 Å². The average Bonchev–Trinajstić information content (AvgIpc) is 3.35. The highest BCUT2D eigenvalue weighted by Gasteiger charge is 2.58. The van der Waals surface area contributed by atoms with Gasteiger partial charge in [0.15, 0.2) is 0 Å². The lowest BCUT2D eigenvalue weighted by molar-refractivity contribution is -0.136. The minimum atomic E-state index is -0.788. The van der Waals surface area contributed by atoms with Gasteiger partial charge in [0, 0.05) is 18.3 Å². The van der Waals surface area contributed by atoms with Crippen molar-refractivity contribution in [1.82, 2.24) is 5.32 Å². The molecule has 3 aliphatic rings. The Bertz CT molecular complexity index is 643. The summed E-state index contributed by atoms with van der Waals surface area (Å²) in [6.45, 7) is 0.705. The van der Waals surface area contributed by atoms with E-state index < -0.39 is 5.41 Å². The molecule has 4 rings (SSSR count). The molecule has 0 spiro atoms. The Balaban J connectivity index is 1.47. The maximum absolute atomic E-state index is 13.1. The lowest BCUT2D eigenvalue weighted by atomic mass is 10.0. The van der Waals surface area contributed by atoms with Crippen LogP contribution < -0.4 is 10.2 Å². The molecule has 1 heterocycles. The zero-order valence-electron chi connectivity index (χ0n) is 14.2. The summed E-state index contributed by atoms with van der Waals surface area (Å²) in [6, 6.07) is 8.32. The first-order chi connectivity index (χ1) is 11.7. The van der Waals surface area contributed by atoms with Gasteiger partial charge in [0.05, 0.1) is 0 Å². The zero-order chi connectivity index (χ0) is 16.6. The van der Waals surface area contributed by atoms with Crippen molar-refractivity contribution < 1.29 is 9.59 Å². The van der Waals surface area contributed by atoms with E-state index in [0.717, 1.165) is 24.9 Å². The summed E-state index contributed by atoms with van der Waals surface area (Å²) in [6.07, 6.45) is 9.30. The van der Waals surface area contributed by atoms with Crippen molar-refractivity contribution in [3.05, 3.63) is 29.8 Å².